The summed E-state index contributed by atoms with van der Waals surface area (Å²) in [5.74, 6) is 3.01. The molecule has 2 aliphatic carbocycles. The fourth-order valence-corrected chi connectivity index (χ4v) is 4.64. The summed E-state index contributed by atoms with van der Waals surface area (Å²) in [7, 11) is 0. The third kappa shape index (κ3) is 3.82. The van der Waals surface area contributed by atoms with Gasteiger partial charge in [0, 0.05) is 29.9 Å². The lowest BCUT2D eigenvalue weighted by atomic mass is 9.88. The number of fused-ring (bicyclic) bond motifs is 3. The van der Waals surface area contributed by atoms with Gasteiger partial charge in [-0.2, -0.15) is 0 Å². The molecule has 3 nitrogen and oxygen atoms in total. The molecule has 0 spiro atoms. The third-order valence-electron chi connectivity index (χ3n) is 6.04. The minimum atomic E-state index is 0.226. The number of unbranched alkanes of at least 4 members (excludes halogenated alkanes) is 3. The molecule has 1 heterocycles. The lowest BCUT2D eigenvalue weighted by Gasteiger charge is -2.17. The van der Waals surface area contributed by atoms with Gasteiger partial charge in [-0.1, -0.05) is 37.5 Å². The monoisotopic (exact) mass is 348 g/mol. The van der Waals surface area contributed by atoms with Crippen LogP contribution in [0.25, 0.3) is 10.9 Å². The van der Waals surface area contributed by atoms with Gasteiger partial charge in [0.15, 0.2) is 0 Å². The molecule has 3 heteroatoms. The summed E-state index contributed by atoms with van der Waals surface area (Å²) >= 11 is 0. The predicted octanol–water partition coefficient (Wildman–Crippen LogP) is 5.52. The van der Waals surface area contributed by atoms with E-state index in [1.54, 1.807) is 12.3 Å². The van der Waals surface area contributed by atoms with Crippen molar-refractivity contribution in [1.29, 1.82) is 0 Å². The number of rotatable bonds is 8. The molecule has 2 aromatic rings. The van der Waals surface area contributed by atoms with Crippen molar-refractivity contribution >= 4 is 17.1 Å². The zero-order valence-corrected chi connectivity index (χ0v) is 15.3. The maximum Gasteiger partial charge on any atom is 0.141 e. The summed E-state index contributed by atoms with van der Waals surface area (Å²) in [6.07, 6.45) is 18.0. The maximum absolute atomic E-state index is 9.89. The molecule has 2 aliphatic rings. The van der Waals surface area contributed by atoms with Crippen LogP contribution in [-0.4, -0.2) is 22.8 Å². The zero-order chi connectivity index (χ0) is 17.8. The number of pyridine rings is 1. The van der Waals surface area contributed by atoms with Crippen LogP contribution in [0, 0.1) is 17.8 Å². The number of aromatic hydroxyl groups is 1. The first-order chi connectivity index (χ1) is 12.8. The molecule has 0 radical (unpaired) electrons. The molecule has 26 heavy (non-hydrogen) atoms. The molecule has 136 valence electrons. The summed E-state index contributed by atoms with van der Waals surface area (Å²) < 4.78 is 0. The van der Waals surface area contributed by atoms with Gasteiger partial charge in [0.2, 0.25) is 0 Å². The fourth-order valence-electron chi connectivity index (χ4n) is 4.64. The van der Waals surface area contributed by atoms with Gasteiger partial charge in [-0.25, -0.2) is 0 Å². The standard InChI is InChI=1S/C23H28N2O/c26-22-11-10-20(21-7-5-13-25-23(21)22)16-24-12-4-2-1-3-6-18-14-17-8-9-19(18)15-17/h5,7-11,13,16-19,26H,1-4,6,12,14-15H2/b24-16+. The Morgan fingerprint density at radius 2 is 2.00 bits per heavy atom. The van der Waals surface area contributed by atoms with Crippen LogP contribution in [0.3, 0.4) is 0 Å². The Labute approximate surface area is 155 Å². The van der Waals surface area contributed by atoms with E-state index < -0.39 is 0 Å². The average molecular weight is 348 g/mol. The highest BCUT2D eigenvalue weighted by Crippen LogP contribution is 2.45. The van der Waals surface area contributed by atoms with Crippen molar-refractivity contribution in [3.63, 3.8) is 0 Å². The molecule has 1 fully saturated rings. The number of nitrogens with zero attached hydrogens (tertiary/aromatic N) is 2. The molecule has 0 amide bonds. The Balaban J connectivity index is 1.17. The van der Waals surface area contributed by atoms with Crippen molar-refractivity contribution in [1.82, 2.24) is 4.98 Å². The fraction of sp³-hybridized carbons (Fsp3) is 0.478. The first-order valence-electron chi connectivity index (χ1n) is 10.1. The quantitative estimate of drug-likeness (QED) is 0.388. The zero-order valence-electron chi connectivity index (χ0n) is 15.3. The second kappa shape index (κ2) is 8.03. The Kier molecular flexibility index (Phi) is 5.33. The van der Waals surface area contributed by atoms with Crippen LogP contribution in [0.4, 0.5) is 0 Å². The molecule has 1 aromatic carbocycles. The van der Waals surface area contributed by atoms with Crippen molar-refractivity contribution < 1.29 is 5.11 Å². The van der Waals surface area contributed by atoms with E-state index >= 15 is 0 Å². The van der Waals surface area contributed by atoms with Crippen LogP contribution in [0.5, 0.6) is 5.75 Å². The van der Waals surface area contributed by atoms with Gasteiger partial charge < -0.3 is 5.11 Å². The molecule has 4 rings (SSSR count). The number of aliphatic imine (C=N–C) groups is 1. The van der Waals surface area contributed by atoms with E-state index in [2.05, 4.69) is 22.1 Å². The largest absolute Gasteiger partial charge is 0.506 e. The van der Waals surface area contributed by atoms with Crippen LogP contribution >= 0.6 is 0 Å². The van der Waals surface area contributed by atoms with E-state index in [9.17, 15) is 5.11 Å². The summed E-state index contributed by atoms with van der Waals surface area (Å²) in [4.78, 5) is 8.83. The maximum atomic E-state index is 9.89. The highest BCUT2D eigenvalue weighted by atomic mass is 16.3. The van der Waals surface area contributed by atoms with E-state index in [1.807, 2.05) is 24.4 Å². The van der Waals surface area contributed by atoms with Gasteiger partial charge in [-0.05, 0) is 61.6 Å². The van der Waals surface area contributed by atoms with Gasteiger partial charge in [0.05, 0.1) is 0 Å². The van der Waals surface area contributed by atoms with E-state index in [-0.39, 0.29) is 5.75 Å². The van der Waals surface area contributed by atoms with Crippen molar-refractivity contribution in [2.75, 3.05) is 6.54 Å². The number of hydrogen-bond acceptors (Lipinski definition) is 3. The minimum absolute atomic E-state index is 0.226. The van der Waals surface area contributed by atoms with Gasteiger partial charge in [-0.3, -0.25) is 9.98 Å². The lowest BCUT2D eigenvalue weighted by Crippen LogP contribution is -2.06. The molecule has 0 saturated heterocycles. The van der Waals surface area contributed by atoms with Crippen LogP contribution < -0.4 is 0 Å². The smallest absolute Gasteiger partial charge is 0.141 e. The molecular formula is C23H28N2O. The number of aromatic nitrogens is 1. The third-order valence-corrected chi connectivity index (χ3v) is 6.04. The van der Waals surface area contributed by atoms with Gasteiger partial charge >= 0.3 is 0 Å². The Hall–Kier alpha value is -2.16. The highest BCUT2D eigenvalue weighted by Gasteiger charge is 2.34. The molecule has 0 aliphatic heterocycles. The van der Waals surface area contributed by atoms with Crippen LogP contribution in [0.15, 0.2) is 47.6 Å². The van der Waals surface area contributed by atoms with Crippen LogP contribution in [0.1, 0.15) is 50.5 Å². The molecule has 1 aromatic heterocycles. The Bertz CT molecular complexity index is 811. The summed E-state index contributed by atoms with van der Waals surface area (Å²) in [5.41, 5.74) is 1.67. The Morgan fingerprint density at radius 3 is 2.85 bits per heavy atom. The van der Waals surface area contributed by atoms with E-state index in [4.69, 9.17) is 0 Å². The minimum Gasteiger partial charge on any atom is -0.506 e. The van der Waals surface area contributed by atoms with Crippen molar-refractivity contribution in [3.8, 4) is 5.75 Å². The number of benzene rings is 1. The van der Waals surface area contributed by atoms with E-state index in [1.165, 1.54) is 38.5 Å². The lowest BCUT2D eigenvalue weighted by molar-refractivity contribution is 0.395. The van der Waals surface area contributed by atoms with Gasteiger partial charge in [-0.15, -0.1) is 0 Å². The predicted molar refractivity (Wildman–Crippen MR) is 108 cm³/mol. The molecule has 1 N–H and O–H groups in total. The average Bonchev–Trinajstić information content (AvgIpc) is 3.29. The number of phenolic OH excluding ortho intramolecular Hbond substituents is 1. The molecule has 3 unspecified atom stereocenters. The molecular weight excluding hydrogens is 320 g/mol. The normalized spacial score (nSPS) is 24.2. The van der Waals surface area contributed by atoms with Crippen molar-refractivity contribution in [2.45, 2.75) is 44.9 Å². The second-order valence-corrected chi connectivity index (χ2v) is 7.85. The molecule has 3 atom stereocenters. The highest BCUT2D eigenvalue weighted by molar-refractivity contribution is 6.00. The SMILES string of the molecule is Oc1ccc(/C=N/CCCCCCC2CC3C=CC2C3)c2cccnc12. The Morgan fingerprint density at radius 1 is 1.08 bits per heavy atom. The molecule has 1 saturated carbocycles. The van der Waals surface area contributed by atoms with Gasteiger partial charge in [0.25, 0.3) is 0 Å². The van der Waals surface area contributed by atoms with Crippen molar-refractivity contribution in [3.05, 3.63) is 48.2 Å². The van der Waals surface area contributed by atoms with E-state index in [0.29, 0.717) is 5.52 Å². The van der Waals surface area contributed by atoms with Crippen molar-refractivity contribution in [2.24, 2.45) is 22.7 Å². The number of allylic oxidation sites excluding steroid dienone is 2. The first kappa shape index (κ1) is 17.3. The first-order valence-corrected chi connectivity index (χ1v) is 10.1. The second-order valence-electron chi connectivity index (χ2n) is 7.85. The number of hydrogen-bond donors (Lipinski definition) is 1. The van der Waals surface area contributed by atoms with E-state index in [0.717, 1.165) is 41.7 Å². The van der Waals surface area contributed by atoms with Crippen LogP contribution in [-0.2, 0) is 0 Å². The summed E-state index contributed by atoms with van der Waals surface area (Å²) in [6.45, 7) is 0.875. The summed E-state index contributed by atoms with van der Waals surface area (Å²) in [6, 6.07) is 7.48. The number of phenols is 1. The molecule has 2 bridgehead atoms. The van der Waals surface area contributed by atoms with Gasteiger partial charge in [0.1, 0.15) is 11.3 Å². The van der Waals surface area contributed by atoms with Crippen LogP contribution in [0.2, 0.25) is 0 Å². The topological polar surface area (TPSA) is 45.5 Å². The summed E-state index contributed by atoms with van der Waals surface area (Å²) in [5, 5.41) is 10.8.